The van der Waals surface area contributed by atoms with E-state index >= 15 is 0 Å². The number of fused-ring (bicyclic) bond motifs is 10. The maximum Gasteiger partial charge on any atom is 0.269 e. The van der Waals surface area contributed by atoms with Crippen molar-refractivity contribution < 1.29 is 31.4 Å². The van der Waals surface area contributed by atoms with E-state index in [2.05, 4.69) is 209 Å². The molecule has 1 radical (unpaired) electrons. The number of hydrogen-bond acceptors (Lipinski definition) is 1. The van der Waals surface area contributed by atoms with Crippen molar-refractivity contribution in [2.24, 2.45) is 0 Å². The van der Waals surface area contributed by atoms with E-state index < -0.39 is 0 Å². The summed E-state index contributed by atoms with van der Waals surface area (Å²) in [6.45, 7) is 18.3. The van der Waals surface area contributed by atoms with Gasteiger partial charge in [0.1, 0.15) is 11.2 Å². The standard InChI is InChI=1S/C37H40N2O.C18H10N.Au/c1-22(2)26-14-11-15-27(23(3)4)36(26)38-21-39(37-28(24(5)6)16-12-17-29(37)25(7)8)33-20-35-31(19-32(33)38)30-13-9-10-18-34(30)40-35;1-3-10-16-12(6-1)14-8-5-9-15-13-7-2-4-11-17(13)19(16)18(14)15;/h9-20,22-25H,1-8H3;1-4,6-11H;/q;-1;. The van der Waals surface area contributed by atoms with E-state index in [0.29, 0.717) is 23.7 Å². The van der Waals surface area contributed by atoms with Crippen LogP contribution in [0.1, 0.15) is 101 Å². The summed E-state index contributed by atoms with van der Waals surface area (Å²) in [5, 5.41) is 7.49. The number of aromatic nitrogens is 3. The van der Waals surface area contributed by atoms with Gasteiger partial charge in [0, 0.05) is 44.2 Å². The van der Waals surface area contributed by atoms with Gasteiger partial charge >= 0.3 is 0 Å². The molecule has 0 aliphatic rings. The monoisotopic (exact) mass is 965 g/mol. The van der Waals surface area contributed by atoms with Gasteiger partial charge in [-0.1, -0.05) is 146 Å². The van der Waals surface area contributed by atoms with Gasteiger partial charge in [-0.2, -0.15) is 18.2 Å². The van der Waals surface area contributed by atoms with E-state index in [4.69, 9.17) is 4.42 Å². The molecule has 0 aliphatic heterocycles. The Morgan fingerprint density at radius 2 is 0.983 bits per heavy atom. The van der Waals surface area contributed by atoms with Gasteiger partial charge < -0.3 is 8.82 Å². The van der Waals surface area contributed by atoms with Gasteiger partial charge in [-0.25, -0.2) is 0 Å². The second-order valence-corrected chi connectivity index (χ2v) is 17.4. The zero-order valence-electron chi connectivity index (χ0n) is 35.6. The summed E-state index contributed by atoms with van der Waals surface area (Å²) in [4.78, 5) is 0. The Kier molecular flexibility index (Phi) is 10.2. The van der Waals surface area contributed by atoms with Crippen molar-refractivity contribution >= 4 is 71.1 Å². The molecule has 5 heteroatoms. The first kappa shape index (κ1) is 39.8. The number of nitrogens with zero attached hydrogens (tertiary/aromatic N) is 3. The van der Waals surface area contributed by atoms with Gasteiger partial charge in [0.2, 0.25) is 0 Å². The van der Waals surface area contributed by atoms with Crippen molar-refractivity contribution in [3.63, 3.8) is 0 Å². The van der Waals surface area contributed by atoms with Crippen LogP contribution in [0.5, 0.6) is 0 Å². The first-order chi connectivity index (χ1) is 28.6. The Balaban J connectivity index is 0.000000191. The maximum absolute atomic E-state index is 6.41. The molecule has 0 spiro atoms. The maximum atomic E-state index is 6.41. The first-order valence-electron chi connectivity index (χ1n) is 21.2. The number of imidazole rings is 1. The molecular formula is C55H50AuN3O-. The third-order valence-corrected chi connectivity index (χ3v) is 12.3. The predicted molar refractivity (Wildman–Crippen MR) is 247 cm³/mol. The van der Waals surface area contributed by atoms with Gasteiger partial charge in [-0.3, -0.25) is 9.13 Å². The van der Waals surface area contributed by atoms with Gasteiger partial charge in [0.25, 0.3) is 6.33 Å². The summed E-state index contributed by atoms with van der Waals surface area (Å²) in [5.74, 6) is 1.50. The summed E-state index contributed by atoms with van der Waals surface area (Å²) in [5.41, 5.74) is 15.8. The number of furan rings is 1. The first-order valence-corrected chi connectivity index (χ1v) is 21.2. The van der Waals surface area contributed by atoms with Crippen LogP contribution in [0.4, 0.5) is 0 Å². The molecule has 11 rings (SSSR count). The molecule has 0 unspecified atom stereocenters. The Morgan fingerprint density at radius 3 is 1.53 bits per heavy atom. The number of para-hydroxylation sites is 5. The van der Waals surface area contributed by atoms with Crippen LogP contribution in [0.25, 0.3) is 82.4 Å². The summed E-state index contributed by atoms with van der Waals surface area (Å²) in [6.07, 6.45) is 3.91. The zero-order chi connectivity index (χ0) is 40.7. The smallest absolute Gasteiger partial charge is 0.269 e. The van der Waals surface area contributed by atoms with Crippen LogP contribution in [0.15, 0.2) is 138 Å². The number of hydrogen-bond donors (Lipinski definition) is 0. The van der Waals surface area contributed by atoms with E-state index in [0.717, 1.165) is 33.0 Å². The van der Waals surface area contributed by atoms with Crippen LogP contribution < -0.4 is 4.57 Å². The zero-order valence-corrected chi connectivity index (χ0v) is 37.7. The topological polar surface area (TPSA) is 26.4 Å². The molecule has 4 nitrogen and oxygen atoms in total. The molecule has 0 N–H and O–H groups in total. The molecule has 303 valence electrons. The summed E-state index contributed by atoms with van der Waals surface area (Å²) < 4.78 is 13.4. The quantitative estimate of drug-likeness (QED) is 0.0926. The molecule has 4 aromatic heterocycles. The second-order valence-electron chi connectivity index (χ2n) is 17.4. The molecule has 0 aliphatic carbocycles. The summed E-state index contributed by atoms with van der Waals surface area (Å²) in [7, 11) is 0. The van der Waals surface area contributed by atoms with Crippen molar-refractivity contribution in [1.29, 1.82) is 0 Å². The van der Waals surface area contributed by atoms with Gasteiger partial charge in [-0.05, 0) is 92.5 Å². The van der Waals surface area contributed by atoms with Crippen molar-refractivity contribution in [2.45, 2.75) is 79.1 Å². The van der Waals surface area contributed by atoms with Crippen LogP contribution in [0, 0.1) is 12.4 Å². The molecular weight excluding hydrogens is 916 g/mol. The minimum absolute atomic E-state index is 0. The van der Waals surface area contributed by atoms with Crippen molar-refractivity contribution in [3.8, 4) is 11.4 Å². The molecule has 0 atom stereocenters. The fourth-order valence-electron chi connectivity index (χ4n) is 9.50. The minimum atomic E-state index is 0. The van der Waals surface area contributed by atoms with Crippen LogP contribution in [-0.2, 0) is 22.4 Å². The predicted octanol–water partition coefficient (Wildman–Crippen LogP) is 14.7. The Bertz CT molecular complexity index is 3220. The van der Waals surface area contributed by atoms with E-state index in [9.17, 15) is 0 Å². The van der Waals surface area contributed by atoms with Crippen LogP contribution in [0.3, 0.4) is 0 Å². The number of rotatable bonds is 6. The van der Waals surface area contributed by atoms with Gasteiger partial charge in [-0.15, -0.1) is 10.8 Å². The van der Waals surface area contributed by atoms with Crippen LogP contribution >= 0.6 is 0 Å². The fourth-order valence-corrected chi connectivity index (χ4v) is 9.50. The van der Waals surface area contributed by atoms with E-state index in [-0.39, 0.29) is 22.4 Å². The van der Waals surface area contributed by atoms with Gasteiger partial charge in [0.15, 0.2) is 0 Å². The molecule has 60 heavy (non-hydrogen) atoms. The third kappa shape index (κ3) is 6.19. The molecule has 0 bridgehead atoms. The third-order valence-electron chi connectivity index (χ3n) is 12.3. The Morgan fingerprint density at radius 1 is 0.483 bits per heavy atom. The van der Waals surface area contributed by atoms with E-state index in [1.165, 1.54) is 71.7 Å². The molecule has 0 saturated carbocycles. The number of benzene rings is 7. The molecule has 0 fully saturated rings. The molecule has 0 amide bonds. The molecule has 7 aromatic carbocycles. The SMILES string of the molecule is CC(C)c1cccc(C(C)C)c1-n1[c-][n+](-c2c(C(C)C)cccc2C(C)C)c2cc3c(cc21)oc1ccccc13.[Au].[c-]1cc2c3ccccc3n3c4ccccc4c(c1)c23. The second kappa shape index (κ2) is 15.4. The fraction of sp³-hybridized carbons (Fsp3) is 0.218. The van der Waals surface area contributed by atoms with Crippen LogP contribution in [-0.4, -0.2) is 8.97 Å². The Hall–Kier alpha value is -5.65. The molecule has 4 heterocycles. The normalized spacial score (nSPS) is 12.1. The van der Waals surface area contributed by atoms with Crippen molar-refractivity contribution in [2.75, 3.05) is 0 Å². The summed E-state index contributed by atoms with van der Waals surface area (Å²) >= 11 is 0. The Labute approximate surface area is 367 Å². The minimum Gasteiger partial charge on any atom is -0.457 e. The molecule has 0 saturated heterocycles. The van der Waals surface area contributed by atoms with E-state index in [1.54, 1.807) is 0 Å². The summed E-state index contributed by atoms with van der Waals surface area (Å²) in [6, 6.07) is 51.1. The largest absolute Gasteiger partial charge is 0.457 e. The average Bonchev–Trinajstić information content (AvgIpc) is 3.99. The average molecular weight is 966 g/mol. The molecule has 11 aromatic rings. The van der Waals surface area contributed by atoms with E-state index in [1.807, 2.05) is 6.07 Å². The van der Waals surface area contributed by atoms with Crippen molar-refractivity contribution in [3.05, 3.63) is 168 Å². The van der Waals surface area contributed by atoms with Crippen molar-refractivity contribution in [1.82, 2.24) is 8.97 Å². The van der Waals surface area contributed by atoms with Gasteiger partial charge in [0.05, 0.1) is 22.4 Å². The van der Waals surface area contributed by atoms with Crippen LogP contribution in [0.2, 0.25) is 0 Å².